The lowest BCUT2D eigenvalue weighted by atomic mass is 9.98. The van der Waals surface area contributed by atoms with Gasteiger partial charge >= 0.3 is 5.97 Å². The summed E-state index contributed by atoms with van der Waals surface area (Å²) in [7, 11) is 3.11. The van der Waals surface area contributed by atoms with Gasteiger partial charge in [-0.3, -0.25) is 14.4 Å². The SMILES string of the molecule is COc1ccc(OCC(=O)N(C)CC(=O)N2CCCC(C(=O)O)C2)cc1C. The second kappa shape index (κ2) is 9.25. The topological polar surface area (TPSA) is 96.4 Å². The number of likely N-dealkylation sites (tertiary alicyclic amines) is 1. The second-order valence-electron chi connectivity index (χ2n) is 6.69. The van der Waals surface area contributed by atoms with Gasteiger partial charge in [-0.1, -0.05) is 0 Å². The number of carboxylic acids is 1. The molecule has 0 spiro atoms. The minimum atomic E-state index is -0.889. The predicted molar refractivity (Wildman–Crippen MR) is 97.8 cm³/mol. The molecule has 1 aliphatic rings. The van der Waals surface area contributed by atoms with Crippen LogP contribution >= 0.6 is 0 Å². The number of carbonyl (C=O) groups excluding carboxylic acids is 2. The highest BCUT2D eigenvalue weighted by Crippen LogP contribution is 2.23. The van der Waals surface area contributed by atoms with Gasteiger partial charge in [0.1, 0.15) is 11.5 Å². The molecule has 1 aliphatic heterocycles. The lowest BCUT2D eigenvalue weighted by Crippen LogP contribution is -2.47. The van der Waals surface area contributed by atoms with E-state index in [1.807, 2.05) is 6.92 Å². The van der Waals surface area contributed by atoms with Gasteiger partial charge in [0.05, 0.1) is 19.6 Å². The van der Waals surface area contributed by atoms with E-state index >= 15 is 0 Å². The number of benzene rings is 1. The third kappa shape index (κ3) is 5.60. The van der Waals surface area contributed by atoms with Gasteiger partial charge in [-0.2, -0.15) is 0 Å². The maximum absolute atomic E-state index is 12.4. The Kier molecular flexibility index (Phi) is 7.04. The van der Waals surface area contributed by atoms with Crippen molar-refractivity contribution in [3.8, 4) is 11.5 Å². The highest BCUT2D eigenvalue weighted by atomic mass is 16.5. The molecule has 27 heavy (non-hydrogen) atoms. The standard InChI is InChI=1S/C19H26N2O6/c1-13-9-15(6-7-16(13)26-3)27-12-18(23)20(2)11-17(22)21-8-4-5-14(10-21)19(24)25/h6-7,9,14H,4-5,8,10-12H2,1-3H3,(H,24,25). The summed E-state index contributed by atoms with van der Waals surface area (Å²) < 4.78 is 10.7. The molecule has 148 valence electrons. The quantitative estimate of drug-likeness (QED) is 0.765. The fraction of sp³-hybridized carbons (Fsp3) is 0.526. The van der Waals surface area contributed by atoms with Gasteiger partial charge in [0.15, 0.2) is 6.61 Å². The van der Waals surface area contributed by atoms with E-state index in [0.717, 1.165) is 11.3 Å². The van der Waals surface area contributed by atoms with Crippen LogP contribution in [0.25, 0.3) is 0 Å². The number of aryl methyl sites for hydroxylation is 1. The van der Waals surface area contributed by atoms with Crippen molar-refractivity contribution < 1.29 is 29.0 Å². The summed E-state index contributed by atoms with van der Waals surface area (Å²) in [6.45, 7) is 2.30. The number of hydrogen-bond donors (Lipinski definition) is 1. The molecule has 1 heterocycles. The predicted octanol–water partition coefficient (Wildman–Crippen LogP) is 1.16. The number of rotatable bonds is 7. The first kappa shape index (κ1) is 20.5. The summed E-state index contributed by atoms with van der Waals surface area (Å²) in [4.78, 5) is 38.5. The zero-order valence-electron chi connectivity index (χ0n) is 15.9. The lowest BCUT2D eigenvalue weighted by molar-refractivity contribution is -0.147. The van der Waals surface area contributed by atoms with Crippen molar-refractivity contribution in [3.63, 3.8) is 0 Å². The first-order valence-electron chi connectivity index (χ1n) is 8.83. The van der Waals surface area contributed by atoms with Crippen LogP contribution in [0.3, 0.4) is 0 Å². The number of hydrogen-bond acceptors (Lipinski definition) is 5. The number of likely N-dealkylation sites (N-methyl/N-ethyl adjacent to an activating group) is 1. The Morgan fingerprint density at radius 1 is 1.33 bits per heavy atom. The van der Waals surface area contributed by atoms with Crippen LogP contribution in [-0.2, 0) is 14.4 Å². The Morgan fingerprint density at radius 3 is 2.70 bits per heavy atom. The van der Waals surface area contributed by atoms with E-state index in [1.165, 1.54) is 16.8 Å². The van der Waals surface area contributed by atoms with Crippen LogP contribution in [0.15, 0.2) is 18.2 Å². The van der Waals surface area contributed by atoms with Crippen molar-refractivity contribution in [2.24, 2.45) is 5.92 Å². The van der Waals surface area contributed by atoms with Crippen LogP contribution in [0.4, 0.5) is 0 Å². The molecule has 0 saturated carbocycles. The van der Waals surface area contributed by atoms with Crippen molar-refractivity contribution in [2.45, 2.75) is 19.8 Å². The molecule has 2 rings (SSSR count). The first-order valence-corrected chi connectivity index (χ1v) is 8.83. The molecular formula is C19H26N2O6. The molecule has 1 unspecified atom stereocenters. The fourth-order valence-electron chi connectivity index (χ4n) is 2.99. The molecule has 8 nitrogen and oxygen atoms in total. The summed E-state index contributed by atoms with van der Waals surface area (Å²) in [5, 5.41) is 9.11. The number of ether oxygens (including phenoxy) is 2. The number of aliphatic carboxylic acids is 1. The second-order valence-corrected chi connectivity index (χ2v) is 6.69. The van der Waals surface area contributed by atoms with E-state index in [4.69, 9.17) is 14.6 Å². The summed E-state index contributed by atoms with van der Waals surface area (Å²) in [5.41, 5.74) is 0.893. The molecule has 1 aromatic carbocycles. The third-order valence-corrected chi connectivity index (χ3v) is 4.65. The first-order chi connectivity index (χ1) is 12.8. The number of amides is 2. The van der Waals surface area contributed by atoms with Crippen molar-refractivity contribution >= 4 is 17.8 Å². The zero-order valence-corrected chi connectivity index (χ0v) is 15.9. The van der Waals surface area contributed by atoms with E-state index in [2.05, 4.69) is 0 Å². The highest BCUT2D eigenvalue weighted by Gasteiger charge is 2.29. The molecule has 2 amide bonds. The smallest absolute Gasteiger partial charge is 0.308 e. The molecule has 0 bridgehead atoms. The largest absolute Gasteiger partial charge is 0.496 e. The minimum Gasteiger partial charge on any atom is -0.496 e. The number of nitrogens with zero attached hydrogens (tertiary/aromatic N) is 2. The Morgan fingerprint density at radius 2 is 2.07 bits per heavy atom. The van der Waals surface area contributed by atoms with Gasteiger partial charge < -0.3 is 24.4 Å². The maximum atomic E-state index is 12.4. The highest BCUT2D eigenvalue weighted by molar-refractivity contribution is 5.85. The summed E-state index contributed by atoms with van der Waals surface area (Å²) in [5.74, 6) is -0.731. The van der Waals surface area contributed by atoms with Crippen molar-refractivity contribution in [2.75, 3.05) is 40.4 Å². The number of methoxy groups -OCH3 is 1. The average molecular weight is 378 g/mol. The van der Waals surface area contributed by atoms with Crippen LogP contribution in [0, 0.1) is 12.8 Å². The van der Waals surface area contributed by atoms with Crippen molar-refractivity contribution in [1.82, 2.24) is 9.80 Å². The summed E-state index contributed by atoms with van der Waals surface area (Å²) in [6, 6.07) is 5.25. The van der Waals surface area contributed by atoms with Gasteiger partial charge in [0, 0.05) is 20.1 Å². The lowest BCUT2D eigenvalue weighted by Gasteiger charge is -2.32. The number of piperidine rings is 1. The van der Waals surface area contributed by atoms with Crippen LogP contribution in [0.1, 0.15) is 18.4 Å². The molecule has 0 radical (unpaired) electrons. The molecule has 1 N–H and O–H groups in total. The Bertz CT molecular complexity index is 705. The van der Waals surface area contributed by atoms with E-state index in [0.29, 0.717) is 25.1 Å². The van der Waals surface area contributed by atoms with E-state index in [9.17, 15) is 14.4 Å². The molecule has 1 aromatic rings. The third-order valence-electron chi connectivity index (χ3n) is 4.65. The van der Waals surface area contributed by atoms with Crippen LogP contribution in [0.5, 0.6) is 11.5 Å². The maximum Gasteiger partial charge on any atom is 0.308 e. The monoisotopic (exact) mass is 378 g/mol. The van der Waals surface area contributed by atoms with Crippen molar-refractivity contribution in [3.05, 3.63) is 23.8 Å². The van der Waals surface area contributed by atoms with E-state index in [1.54, 1.807) is 25.3 Å². The van der Waals surface area contributed by atoms with Crippen LogP contribution < -0.4 is 9.47 Å². The van der Waals surface area contributed by atoms with E-state index in [-0.39, 0.29) is 31.5 Å². The number of carbonyl (C=O) groups is 3. The molecule has 1 fully saturated rings. The zero-order chi connectivity index (χ0) is 20.0. The molecule has 1 saturated heterocycles. The normalized spacial score (nSPS) is 16.6. The Balaban J connectivity index is 1.83. The van der Waals surface area contributed by atoms with Gasteiger partial charge in [0.25, 0.3) is 5.91 Å². The minimum absolute atomic E-state index is 0.101. The molecule has 0 aromatic heterocycles. The fourth-order valence-corrected chi connectivity index (χ4v) is 2.99. The van der Waals surface area contributed by atoms with Gasteiger partial charge in [0.2, 0.25) is 5.91 Å². The van der Waals surface area contributed by atoms with Crippen LogP contribution in [-0.4, -0.2) is 73.1 Å². The van der Waals surface area contributed by atoms with Gasteiger partial charge in [-0.25, -0.2) is 0 Å². The average Bonchev–Trinajstić information content (AvgIpc) is 2.66. The molecule has 0 aliphatic carbocycles. The van der Waals surface area contributed by atoms with Gasteiger partial charge in [-0.15, -0.1) is 0 Å². The van der Waals surface area contributed by atoms with Gasteiger partial charge in [-0.05, 0) is 43.5 Å². The Labute approximate surface area is 158 Å². The number of carboxylic acid groups (broad SMARTS) is 1. The van der Waals surface area contributed by atoms with Crippen molar-refractivity contribution in [1.29, 1.82) is 0 Å². The molecular weight excluding hydrogens is 352 g/mol. The Hall–Kier alpha value is -2.77. The van der Waals surface area contributed by atoms with Crippen LogP contribution in [0.2, 0.25) is 0 Å². The molecule has 1 atom stereocenters. The molecule has 8 heteroatoms. The summed E-state index contributed by atoms with van der Waals surface area (Å²) in [6.07, 6.45) is 1.23. The van der Waals surface area contributed by atoms with E-state index < -0.39 is 11.9 Å². The summed E-state index contributed by atoms with van der Waals surface area (Å²) >= 11 is 0.